The van der Waals surface area contributed by atoms with E-state index in [1.807, 2.05) is 36.9 Å². The summed E-state index contributed by atoms with van der Waals surface area (Å²) >= 11 is 1.98. The highest BCUT2D eigenvalue weighted by Gasteiger charge is 2.32. The van der Waals surface area contributed by atoms with E-state index in [1.165, 1.54) is 25.7 Å². The normalized spacial score (nSPS) is 17.4. The Labute approximate surface area is 120 Å². The fourth-order valence-electron chi connectivity index (χ4n) is 2.71. The molecule has 0 unspecified atom stereocenters. The maximum absolute atomic E-state index is 6.14. The molecule has 0 aliphatic heterocycles. The van der Waals surface area contributed by atoms with Crippen LogP contribution in [0.1, 0.15) is 32.6 Å². The number of nitrogen functional groups attached to an aromatic ring is 1. The zero-order valence-corrected chi connectivity index (χ0v) is 12.7. The van der Waals surface area contributed by atoms with E-state index < -0.39 is 0 Å². The molecule has 0 bridgehead atoms. The van der Waals surface area contributed by atoms with Gasteiger partial charge in [-0.25, -0.2) is 0 Å². The molecule has 4 heteroatoms. The fourth-order valence-corrected chi connectivity index (χ4v) is 3.62. The van der Waals surface area contributed by atoms with Gasteiger partial charge in [-0.3, -0.25) is 0 Å². The molecule has 2 rings (SSSR count). The van der Waals surface area contributed by atoms with Crippen molar-refractivity contribution in [1.82, 2.24) is 0 Å². The average molecular weight is 280 g/mol. The molecule has 1 aromatic carbocycles. The molecule has 0 radical (unpaired) electrons. The van der Waals surface area contributed by atoms with Gasteiger partial charge in [0.15, 0.2) is 0 Å². The molecular formula is C15H24N2OS. The van der Waals surface area contributed by atoms with Gasteiger partial charge in [-0.1, -0.05) is 18.9 Å². The summed E-state index contributed by atoms with van der Waals surface area (Å²) in [6.45, 7) is 3.59. The molecule has 1 aliphatic carbocycles. The first-order chi connectivity index (χ1) is 9.21. The standard InChI is InChI=1S/C15H24N2OS/c1-3-18-13-8-6-7-12(14(13)16)17-11-15(19-2)9-4-5-10-15/h6-8,17H,3-5,9-11,16H2,1-2H3. The molecule has 0 aromatic heterocycles. The first kappa shape index (κ1) is 14.4. The van der Waals surface area contributed by atoms with Crippen molar-refractivity contribution in [3.8, 4) is 5.75 Å². The summed E-state index contributed by atoms with van der Waals surface area (Å²) in [5, 5.41) is 3.52. The van der Waals surface area contributed by atoms with Crippen LogP contribution in [0.25, 0.3) is 0 Å². The highest BCUT2D eigenvalue weighted by molar-refractivity contribution is 8.00. The van der Waals surface area contributed by atoms with Gasteiger partial charge in [0, 0.05) is 11.3 Å². The van der Waals surface area contributed by atoms with E-state index in [1.54, 1.807) is 0 Å². The van der Waals surface area contributed by atoms with E-state index >= 15 is 0 Å². The highest BCUT2D eigenvalue weighted by atomic mass is 32.2. The third kappa shape index (κ3) is 3.30. The van der Waals surface area contributed by atoms with E-state index in [-0.39, 0.29) is 0 Å². The van der Waals surface area contributed by atoms with Crippen LogP contribution in [0.2, 0.25) is 0 Å². The van der Waals surface area contributed by atoms with Gasteiger partial charge >= 0.3 is 0 Å². The zero-order valence-electron chi connectivity index (χ0n) is 11.9. The average Bonchev–Trinajstić information content (AvgIpc) is 2.89. The van der Waals surface area contributed by atoms with Crippen LogP contribution >= 0.6 is 11.8 Å². The number of para-hydroxylation sites is 1. The van der Waals surface area contributed by atoms with Crippen molar-refractivity contribution in [2.24, 2.45) is 0 Å². The molecule has 0 amide bonds. The Hall–Kier alpha value is -1.03. The van der Waals surface area contributed by atoms with Gasteiger partial charge in [-0.15, -0.1) is 0 Å². The van der Waals surface area contributed by atoms with Crippen LogP contribution in [-0.4, -0.2) is 24.2 Å². The van der Waals surface area contributed by atoms with Gasteiger partial charge in [0.2, 0.25) is 0 Å². The molecule has 1 aromatic rings. The van der Waals surface area contributed by atoms with Crippen LogP contribution in [-0.2, 0) is 0 Å². The van der Waals surface area contributed by atoms with Crippen molar-refractivity contribution in [2.75, 3.05) is 30.5 Å². The summed E-state index contributed by atoms with van der Waals surface area (Å²) in [5.41, 5.74) is 7.86. The SMILES string of the molecule is CCOc1cccc(NCC2(SC)CCCC2)c1N. The zero-order chi connectivity index (χ0) is 13.7. The molecule has 3 nitrogen and oxygen atoms in total. The number of nitrogens with one attached hydrogen (secondary N) is 1. The molecule has 1 fully saturated rings. The van der Waals surface area contributed by atoms with Crippen LogP contribution < -0.4 is 15.8 Å². The van der Waals surface area contributed by atoms with Crippen molar-refractivity contribution in [3.05, 3.63) is 18.2 Å². The predicted octanol–water partition coefficient (Wildman–Crippen LogP) is 3.76. The minimum Gasteiger partial charge on any atom is -0.492 e. The van der Waals surface area contributed by atoms with E-state index in [0.29, 0.717) is 11.4 Å². The van der Waals surface area contributed by atoms with E-state index in [2.05, 4.69) is 11.6 Å². The molecular weight excluding hydrogens is 256 g/mol. The topological polar surface area (TPSA) is 47.3 Å². The van der Waals surface area contributed by atoms with Crippen LogP contribution in [0.15, 0.2) is 18.2 Å². The van der Waals surface area contributed by atoms with Crippen molar-refractivity contribution in [2.45, 2.75) is 37.4 Å². The molecule has 1 saturated carbocycles. The Morgan fingerprint density at radius 3 is 2.74 bits per heavy atom. The molecule has 0 atom stereocenters. The summed E-state index contributed by atoms with van der Waals surface area (Å²) < 4.78 is 5.91. The van der Waals surface area contributed by atoms with Crippen LogP contribution in [0.4, 0.5) is 11.4 Å². The number of benzene rings is 1. The number of hydrogen-bond donors (Lipinski definition) is 2. The fraction of sp³-hybridized carbons (Fsp3) is 0.600. The summed E-state index contributed by atoms with van der Waals surface area (Å²) in [6, 6.07) is 5.94. The summed E-state index contributed by atoms with van der Waals surface area (Å²) in [6.07, 6.45) is 7.50. The lowest BCUT2D eigenvalue weighted by molar-refractivity contribution is 0.342. The van der Waals surface area contributed by atoms with Crippen LogP contribution in [0.3, 0.4) is 0 Å². The lowest BCUT2D eigenvalue weighted by atomic mass is 10.1. The Balaban J connectivity index is 2.04. The number of hydrogen-bond acceptors (Lipinski definition) is 4. The van der Waals surface area contributed by atoms with Crippen LogP contribution in [0.5, 0.6) is 5.75 Å². The second kappa shape index (κ2) is 6.42. The Morgan fingerprint density at radius 2 is 2.11 bits per heavy atom. The number of rotatable bonds is 6. The van der Waals surface area contributed by atoms with Gasteiger partial charge in [0.05, 0.1) is 18.0 Å². The van der Waals surface area contributed by atoms with Crippen molar-refractivity contribution in [3.63, 3.8) is 0 Å². The summed E-state index contributed by atoms with van der Waals surface area (Å²) in [4.78, 5) is 0. The lowest BCUT2D eigenvalue weighted by Gasteiger charge is -2.28. The number of nitrogens with two attached hydrogens (primary N) is 1. The molecule has 1 aliphatic rings. The third-order valence-corrected chi connectivity index (χ3v) is 5.33. The minimum atomic E-state index is 0.383. The third-order valence-electron chi connectivity index (χ3n) is 3.91. The molecule has 0 heterocycles. The first-order valence-corrected chi connectivity index (χ1v) is 8.23. The number of thioether (sulfide) groups is 1. The maximum atomic E-state index is 6.14. The van der Waals surface area contributed by atoms with Gasteiger partial charge in [0.25, 0.3) is 0 Å². The minimum absolute atomic E-state index is 0.383. The molecule has 0 spiro atoms. The Bertz CT molecular complexity index is 417. The molecule has 3 N–H and O–H groups in total. The molecule has 19 heavy (non-hydrogen) atoms. The second-order valence-electron chi connectivity index (χ2n) is 5.10. The number of ether oxygens (including phenoxy) is 1. The van der Waals surface area contributed by atoms with Crippen LogP contribution in [0, 0.1) is 0 Å². The lowest BCUT2D eigenvalue weighted by Crippen LogP contribution is -2.30. The quantitative estimate of drug-likeness (QED) is 0.779. The van der Waals surface area contributed by atoms with Crippen molar-refractivity contribution < 1.29 is 4.74 Å². The highest BCUT2D eigenvalue weighted by Crippen LogP contribution is 2.41. The predicted molar refractivity (Wildman–Crippen MR) is 85.2 cm³/mol. The second-order valence-corrected chi connectivity index (χ2v) is 6.37. The maximum Gasteiger partial charge on any atom is 0.144 e. The summed E-state index contributed by atoms with van der Waals surface area (Å²) in [7, 11) is 0. The van der Waals surface area contributed by atoms with E-state index in [9.17, 15) is 0 Å². The van der Waals surface area contributed by atoms with Gasteiger partial charge < -0.3 is 15.8 Å². The largest absolute Gasteiger partial charge is 0.492 e. The van der Waals surface area contributed by atoms with E-state index in [4.69, 9.17) is 10.5 Å². The van der Waals surface area contributed by atoms with Crippen molar-refractivity contribution >= 4 is 23.1 Å². The van der Waals surface area contributed by atoms with Crippen molar-refractivity contribution in [1.29, 1.82) is 0 Å². The smallest absolute Gasteiger partial charge is 0.144 e. The van der Waals surface area contributed by atoms with Gasteiger partial charge in [0.1, 0.15) is 5.75 Å². The first-order valence-electron chi connectivity index (χ1n) is 7.01. The van der Waals surface area contributed by atoms with E-state index in [0.717, 1.165) is 23.7 Å². The molecule has 0 saturated heterocycles. The van der Waals surface area contributed by atoms with Gasteiger partial charge in [-0.2, -0.15) is 11.8 Å². The summed E-state index contributed by atoms with van der Waals surface area (Å²) in [5.74, 6) is 0.775. The monoisotopic (exact) mass is 280 g/mol. The van der Waals surface area contributed by atoms with Gasteiger partial charge in [-0.05, 0) is 38.2 Å². The Kier molecular flexibility index (Phi) is 4.86. The Morgan fingerprint density at radius 1 is 1.37 bits per heavy atom. The number of anilines is 2. The molecule has 106 valence electrons.